The van der Waals surface area contributed by atoms with Crippen LogP contribution in [-0.2, 0) is 11.0 Å². The average Bonchev–Trinajstić information content (AvgIpc) is 3.07. The van der Waals surface area contributed by atoms with Crippen molar-refractivity contribution >= 4 is 11.9 Å². The number of carboxylic acid groups (broad SMARTS) is 1. The molecule has 1 aromatic carbocycles. The van der Waals surface area contributed by atoms with Crippen LogP contribution in [-0.4, -0.2) is 38.0 Å². The highest BCUT2D eigenvalue weighted by Crippen LogP contribution is 2.30. The first-order valence-electron chi connectivity index (χ1n) is 7.47. The van der Waals surface area contributed by atoms with Crippen LogP contribution in [0.2, 0.25) is 0 Å². The third-order valence-corrected chi connectivity index (χ3v) is 3.37. The van der Waals surface area contributed by atoms with Crippen molar-refractivity contribution < 1.29 is 27.9 Å². The molecule has 0 aliphatic carbocycles. The Hall–Kier alpha value is -3.17. The predicted octanol–water partition coefficient (Wildman–Crippen LogP) is 2.44. The van der Waals surface area contributed by atoms with Gasteiger partial charge in [0.15, 0.2) is 5.69 Å². The van der Waals surface area contributed by atoms with Crippen molar-refractivity contribution in [3.8, 4) is 5.69 Å². The summed E-state index contributed by atoms with van der Waals surface area (Å²) < 4.78 is 39.3. The van der Waals surface area contributed by atoms with E-state index in [0.29, 0.717) is 0 Å². The minimum absolute atomic E-state index is 0.0649. The minimum atomic E-state index is -4.52. The lowest BCUT2D eigenvalue weighted by atomic mass is 10.2. The summed E-state index contributed by atoms with van der Waals surface area (Å²) in [6.07, 6.45) is -0.0817. The molecule has 2 rings (SSSR count). The lowest BCUT2D eigenvalue weighted by Crippen LogP contribution is -2.40. The number of carbonyl (C=O) groups is 2. The van der Waals surface area contributed by atoms with Crippen molar-refractivity contribution in [3.63, 3.8) is 0 Å². The zero-order chi connectivity index (χ0) is 19.3. The van der Waals surface area contributed by atoms with Gasteiger partial charge >= 0.3 is 12.1 Å². The number of amides is 1. The van der Waals surface area contributed by atoms with Crippen molar-refractivity contribution in [2.24, 2.45) is 0 Å². The number of carbonyl (C=O) groups excluding carboxylic acids is 1. The molecule has 0 bridgehead atoms. The van der Waals surface area contributed by atoms with Gasteiger partial charge in [0, 0.05) is 0 Å². The zero-order valence-electron chi connectivity index (χ0n) is 13.6. The number of carboxylic acids is 1. The molecule has 0 spiro atoms. The van der Waals surface area contributed by atoms with Crippen LogP contribution in [0.4, 0.5) is 13.2 Å². The SMILES string of the molecule is C/C=C/CC(NC(=O)c1cn(-c2cccc(C(F)(F)F)c2)nn1)C(=O)O. The molecule has 2 N–H and O–H groups in total. The van der Waals surface area contributed by atoms with Crippen molar-refractivity contribution in [1.82, 2.24) is 20.3 Å². The van der Waals surface area contributed by atoms with Crippen molar-refractivity contribution in [2.45, 2.75) is 25.6 Å². The minimum Gasteiger partial charge on any atom is -0.480 e. The van der Waals surface area contributed by atoms with E-state index in [1.165, 1.54) is 12.1 Å². The van der Waals surface area contributed by atoms with Gasteiger partial charge in [-0.15, -0.1) is 5.10 Å². The van der Waals surface area contributed by atoms with E-state index in [2.05, 4.69) is 15.6 Å². The lowest BCUT2D eigenvalue weighted by molar-refractivity contribution is -0.139. The van der Waals surface area contributed by atoms with Gasteiger partial charge in [0.05, 0.1) is 17.4 Å². The number of nitrogens with one attached hydrogen (secondary N) is 1. The van der Waals surface area contributed by atoms with Gasteiger partial charge < -0.3 is 10.4 Å². The van der Waals surface area contributed by atoms with E-state index >= 15 is 0 Å². The first kappa shape index (κ1) is 19.2. The molecule has 2 aromatic rings. The fourth-order valence-electron chi connectivity index (χ4n) is 2.04. The van der Waals surface area contributed by atoms with Crippen molar-refractivity contribution in [3.05, 3.63) is 53.9 Å². The molecule has 0 fully saturated rings. The van der Waals surface area contributed by atoms with Crippen LogP contribution in [0.1, 0.15) is 29.4 Å². The summed E-state index contributed by atoms with van der Waals surface area (Å²) >= 11 is 0. The number of benzene rings is 1. The summed E-state index contributed by atoms with van der Waals surface area (Å²) in [5, 5.41) is 18.6. The van der Waals surface area contributed by atoms with E-state index in [-0.39, 0.29) is 17.8 Å². The molecule has 1 amide bonds. The first-order valence-corrected chi connectivity index (χ1v) is 7.47. The molecule has 1 unspecified atom stereocenters. The van der Waals surface area contributed by atoms with Crippen molar-refractivity contribution in [2.75, 3.05) is 0 Å². The van der Waals surface area contributed by atoms with Crippen molar-refractivity contribution in [1.29, 1.82) is 0 Å². The van der Waals surface area contributed by atoms with E-state index in [1.54, 1.807) is 19.1 Å². The Balaban J connectivity index is 2.19. The smallest absolute Gasteiger partial charge is 0.416 e. The normalized spacial score (nSPS) is 12.9. The number of allylic oxidation sites excluding steroid dienone is 1. The molecular weight excluding hydrogens is 353 g/mol. The third-order valence-electron chi connectivity index (χ3n) is 3.37. The summed E-state index contributed by atoms with van der Waals surface area (Å²) in [6.45, 7) is 1.71. The Morgan fingerprint density at radius 2 is 2.12 bits per heavy atom. The van der Waals surface area contributed by atoms with Gasteiger partial charge in [-0.05, 0) is 31.5 Å². The number of hydrogen-bond acceptors (Lipinski definition) is 4. The molecule has 0 saturated carbocycles. The second-order valence-electron chi connectivity index (χ2n) is 5.27. The van der Waals surface area contributed by atoms with Gasteiger partial charge in [0.25, 0.3) is 5.91 Å². The van der Waals surface area contributed by atoms with Crippen LogP contribution in [0.3, 0.4) is 0 Å². The number of aliphatic carboxylic acids is 1. The summed E-state index contributed by atoms with van der Waals surface area (Å²) in [5.41, 5.74) is -1.02. The fourth-order valence-corrected chi connectivity index (χ4v) is 2.04. The molecule has 0 aliphatic heterocycles. The number of hydrogen-bond donors (Lipinski definition) is 2. The molecule has 26 heavy (non-hydrogen) atoms. The maximum atomic E-state index is 12.8. The van der Waals surface area contributed by atoms with Gasteiger partial charge in [-0.1, -0.05) is 23.4 Å². The lowest BCUT2D eigenvalue weighted by Gasteiger charge is -2.11. The number of alkyl halides is 3. The highest BCUT2D eigenvalue weighted by Gasteiger charge is 2.30. The Bertz CT molecular complexity index is 830. The topological polar surface area (TPSA) is 97.1 Å². The van der Waals surface area contributed by atoms with Gasteiger partial charge in [0.1, 0.15) is 6.04 Å². The highest BCUT2D eigenvalue weighted by molar-refractivity contribution is 5.94. The van der Waals surface area contributed by atoms with E-state index in [9.17, 15) is 22.8 Å². The Morgan fingerprint density at radius 1 is 1.38 bits per heavy atom. The average molecular weight is 368 g/mol. The van der Waals surface area contributed by atoms with E-state index in [0.717, 1.165) is 23.0 Å². The largest absolute Gasteiger partial charge is 0.480 e. The maximum absolute atomic E-state index is 12.8. The van der Waals surface area contributed by atoms with Crippen LogP contribution in [0.5, 0.6) is 0 Å². The first-order chi connectivity index (χ1) is 12.2. The molecule has 138 valence electrons. The summed E-state index contributed by atoms with van der Waals surface area (Å²) in [7, 11) is 0. The maximum Gasteiger partial charge on any atom is 0.416 e. The van der Waals surface area contributed by atoms with Crippen LogP contribution < -0.4 is 5.32 Å². The highest BCUT2D eigenvalue weighted by atomic mass is 19.4. The number of aromatic nitrogens is 3. The fraction of sp³-hybridized carbons (Fsp3) is 0.250. The quantitative estimate of drug-likeness (QED) is 0.764. The second-order valence-corrected chi connectivity index (χ2v) is 5.27. The number of nitrogens with zero attached hydrogens (tertiary/aromatic N) is 3. The van der Waals surface area contributed by atoms with E-state index < -0.39 is 29.7 Å². The molecule has 1 heterocycles. The van der Waals surface area contributed by atoms with Crippen LogP contribution in [0.25, 0.3) is 5.69 Å². The molecular formula is C16H15F3N4O3. The van der Waals surface area contributed by atoms with Gasteiger partial charge in [-0.25, -0.2) is 9.48 Å². The molecule has 10 heteroatoms. The molecule has 0 saturated heterocycles. The van der Waals surface area contributed by atoms with Crippen LogP contribution >= 0.6 is 0 Å². The zero-order valence-corrected chi connectivity index (χ0v) is 13.6. The standard InChI is InChI=1S/C16H15F3N4O3/c1-2-3-7-12(15(25)26)20-14(24)13-9-23(22-21-13)11-6-4-5-10(8-11)16(17,18)19/h2-6,8-9,12H,7H2,1H3,(H,20,24)(H,25,26)/b3-2+. The Kier molecular flexibility index (Phi) is 5.75. The van der Waals surface area contributed by atoms with Gasteiger partial charge in [0.2, 0.25) is 0 Å². The van der Waals surface area contributed by atoms with Gasteiger partial charge in [-0.3, -0.25) is 4.79 Å². The second kappa shape index (κ2) is 7.81. The molecule has 1 atom stereocenters. The Labute approximate surface area is 146 Å². The number of halogens is 3. The van der Waals surface area contributed by atoms with E-state index in [4.69, 9.17) is 5.11 Å². The predicted molar refractivity (Wildman–Crippen MR) is 84.7 cm³/mol. The van der Waals surface area contributed by atoms with E-state index in [1.807, 2.05) is 0 Å². The monoisotopic (exact) mass is 368 g/mol. The molecule has 0 aliphatic rings. The summed E-state index contributed by atoms with van der Waals surface area (Å²) in [4.78, 5) is 23.2. The summed E-state index contributed by atoms with van der Waals surface area (Å²) in [5.74, 6) is -2.01. The molecule has 1 aromatic heterocycles. The molecule has 0 radical (unpaired) electrons. The number of rotatable bonds is 6. The summed E-state index contributed by atoms with van der Waals surface area (Å²) in [6, 6.07) is 3.20. The third kappa shape index (κ3) is 4.68. The van der Waals surface area contributed by atoms with Crippen LogP contribution in [0, 0.1) is 0 Å². The van der Waals surface area contributed by atoms with Gasteiger partial charge in [-0.2, -0.15) is 13.2 Å². The Morgan fingerprint density at radius 3 is 2.73 bits per heavy atom. The molecule has 7 nitrogen and oxygen atoms in total. The van der Waals surface area contributed by atoms with Crippen LogP contribution in [0.15, 0.2) is 42.6 Å².